The lowest BCUT2D eigenvalue weighted by Gasteiger charge is -2.16. The van der Waals surface area contributed by atoms with Crippen molar-refractivity contribution >= 4 is 5.65 Å². The molecule has 1 N–H and O–H groups in total. The molecule has 90 valence electrons. The lowest BCUT2D eigenvalue weighted by atomic mass is 10.1. The van der Waals surface area contributed by atoms with Gasteiger partial charge < -0.3 is 9.72 Å². The van der Waals surface area contributed by atoms with E-state index in [2.05, 4.69) is 33.9 Å². The van der Waals surface area contributed by atoms with Crippen LogP contribution in [0.15, 0.2) is 30.6 Å². The standard InChI is InChI=1S/C14H19N3/c1-11-5-4-6-13(11)15-9-12-10-16-14-7-2-3-8-17(12)14/h2-3,7-8,10-11,13,15H,4-6,9H2,1H3. The normalized spacial score (nSPS) is 24.5. The van der Waals surface area contributed by atoms with Gasteiger partial charge in [-0.15, -0.1) is 0 Å². The van der Waals surface area contributed by atoms with Gasteiger partial charge in [-0.3, -0.25) is 0 Å². The quantitative estimate of drug-likeness (QED) is 0.876. The molecule has 1 aliphatic carbocycles. The van der Waals surface area contributed by atoms with Crippen molar-refractivity contribution in [1.29, 1.82) is 0 Å². The van der Waals surface area contributed by atoms with E-state index in [0.29, 0.717) is 6.04 Å². The van der Waals surface area contributed by atoms with Crippen molar-refractivity contribution in [2.75, 3.05) is 0 Å². The molecule has 3 nitrogen and oxygen atoms in total. The summed E-state index contributed by atoms with van der Waals surface area (Å²) in [5.74, 6) is 0.814. The SMILES string of the molecule is CC1CCCC1NCc1cnc2ccccn12. The largest absolute Gasteiger partial charge is 0.308 e. The Bertz CT molecular complexity index is 503. The van der Waals surface area contributed by atoms with Crippen LogP contribution in [0.2, 0.25) is 0 Å². The molecule has 0 bridgehead atoms. The van der Waals surface area contributed by atoms with Gasteiger partial charge in [0.1, 0.15) is 5.65 Å². The van der Waals surface area contributed by atoms with Gasteiger partial charge in [0.15, 0.2) is 0 Å². The maximum atomic E-state index is 4.41. The third-order valence-electron chi connectivity index (χ3n) is 3.90. The second kappa shape index (κ2) is 4.49. The van der Waals surface area contributed by atoms with Gasteiger partial charge in [-0.25, -0.2) is 4.98 Å². The van der Waals surface area contributed by atoms with Crippen LogP contribution in [0.5, 0.6) is 0 Å². The number of nitrogens with zero attached hydrogens (tertiary/aromatic N) is 2. The van der Waals surface area contributed by atoms with E-state index in [1.165, 1.54) is 25.0 Å². The fraction of sp³-hybridized carbons (Fsp3) is 0.500. The Labute approximate surface area is 102 Å². The first-order valence-corrected chi connectivity index (χ1v) is 6.49. The molecule has 2 heterocycles. The first-order valence-electron chi connectivity index (χ1n) is 6.49. The summed E-state index contributed by atoms with van der Waals surface area (Å²) < 4.78 is 2.16. The minimum absolute atomic E-state index is 0.685. The molecule has 2 atom stereocenters. The molecule has 17 heavy (non-hydrogen) atoms. The predicted octanol–water partition coefficient (Wildman–Crippen LogP) is 2.61. The van der Waals surface area contributed by atoms with E-state index in [4.69, 9.17) is 0 Å². The van der Waals surface area contributed by atoms with Crippen molar-refractivity contribution < 1.29 is 0 Å². The highest BCUT2D eigenvalue weighted by atomic mass is 15.0. The number of hydrogen-bond donors (Lipinski definition) is 1. The Morgan fingerprint density at radius 2 is 2.35 bits per heavy atom. The Balaban J connectivity index is 1.72. The van der Waals surface area contributed by atoms with Crippen LogP contribution < -0.4 is 5.32 Å². The molecule has 1 saturated carbocycles. The van der Waals surface area contributed by atoms with Gasteiger partial charge in [0.25, 0.3) is 0 Å². The van der Waals surface area contributed by atoms with Crippen LogP contribution in [-0.4, -0.2) is 15.4 Å². The molecule has 0 aliphatic heterocycles. The Morgan fingerprint density at radius 3 is 3.18 bits per heavy atom. The fourth-order valence-corrected chi connectivity index (χ4v) is 2.80. The molecule has 1 fully saturated rings. The number of hydrogen-bond acceptors (Lipinski definition) is 2. The minimum Gasteiger partial charge on any atom is -0.308 e. The number of imidazole rings is 1. The summed E-state index contributed by atoms with van der Waals surface area (Å²) >= 11 is 0. The zero-order valence-corrected chi connectivity index (χ0v) is 10.3. The van der Waals surface area contributed by atoms with Crippen LogP contribution in [0.3, 0.4) is 0 Å². The Morgan fingerprint density at radius 1 is 1.41 bits per heavy atom. The van der Waals surface area contributed by atoms with Crippen molar-refractivity contribution in [2.24, 2.45) is 5.92 Å². The third kappa shape index (κ3) is 2.07. The summed E-state index contributed by atoms with van der Waals surface area (Å²) in [4.78, 5) is 4.41. The monoisotopic (exact) mass is 229 g/mol. The summed E-state index contributed by atoms with van der Waals surface area (Å²) in [6.45, 7) is 3.26. The highest BCUT2D eigenvalue weighted by Crippen LogP contribution is 2.25. The summed E-state index contributed by atoms with van der Waals surface area (Å²) in [6, 6.07) is 6.81. The van der Waals surface area contributed by atoms with Crippen LogP contribution >= 0.6 is 0 Å². The number of rotatable bonds is 3. The first-order chi connectivity index (χ1) is 8.34. The van der Waals surface area contributed by atoms with Crippen LogP contribution in [0.1, 0.15) is 31.9 Å². The summed E-state index contributed by atoms with van der Waals surface area (Å²) in [5.41, 5.74) is 2.28. The number of nitrogens with one attached hydrogen (secondary N) is 1. The van der Waals surface area contributed by atoms with Crippen molar-refractivity contribution in [2.45, 2.75) is 38.8 Å². The molecule has 2 unspecified atom stereocenters. The van der Waals surface area contributed by atoms with Crippen LogP contribution in [-0.2, 0) is 6.54 Å². The van der Waals surface area contributed by atoms with Crippen molar-refractivity contribution in [3.8, 4) is 0 Å². The molecule has 0 spiro atoms. The summed E-state index contributed by atoms with van der Waals surface area (Å²) in [6.07, 6.45) is 8.11. The molecule has 0 saturated heterocycles. The van der Waals surface area contributed by atoms with Gasteiger partial charge in [0, 0.05) is 18.8 Å². The average molecular weight is 229 g/mol. The molecule has 3 heteroatoms. The topological polar surface area (TPSA) is 29.3 Å². The van der Waals surface area contributed by atoms with Crippen molar-refractivity contribution in [3.63, 3.8) is 0 Å². The smallest absolute Gasteiger partial charge is 0.136 e. The minimum atomic E-state index is 0.685. The van der Waals surface area contributed by atoms with E-state index in [1.807, 2.05) is 18.3 Å². The van der Waals surface area contributed by atoms with E-state index in [9.17, 15) is 0 Å². The van der Waals surface area contributed by atoms with Gasteiger partial charge in [0.05, 0.1) is 11.9 Å². The maximum Gasteiger partial charge on any atom is 0.136 e. The third-order valence-corrected chi connectivity index (χ3v) is 3.90. The second-order valence-electron chi connectivity index (χ2n) is 5.07. The van der Waals surface area contributed by atoms with Crippen LogP contribution in [0, 0.1) is 5.92 Å². The lowest BCUT2D eigenvalue weighted by molar-refractivity contribution is 0.423. The van der Waals surface area contributed by atoms with Crippen LogP contribution in [0.4, 0.5) is 0 Å². The molecular weight excluding hydrogens is 210 g/mol. The van der Waals surface area contributed by atoms with E-state index in [0.717, 1.165) is 18.1 Å². The predicted molar refractivity (Wildman–Crippen MR) is 68.8 cm³/mol. The maximum absolute atomic E-state index is 4.41. The van der Waals surface area contributed by atoms with E-state index in [-0.39, 0.29) is 0 Å². The number of aromatic nitrogens is 2. The summed E-state index contributed by atoms with van der Waals surface area (Å²) in [5, 5.41) is 3.67. The average Bonchev–Trinajstić information content (AvgIpc) is 2.93. The lowest BCUT2D eigenvalue weighted by Crippen LogP contribution is -2.30. The van der Waals surface area contributed by atoms with Crippen LogP contribution in [0.25, 0.3) is 5.65 Å². The van der Waals surface area contributed by atoms with Gasteiger partial charge in [-0.1, -0.05) is 19.4 Å². The molecule has 2 aromatic heterocycles. The summed E-state index contributed by atoms with van der Waals surface area (Å²) in [7, 11) is 0. The second-order valence-corrected chi connectivity index (χ2v) is 5.07. The van der Waals surface area contributed by atoms with Gasteiger partial charge in [0.2, 0.25) is 0 Å². The van der Waals surface area contributed by atoms with Gasteiger partial charge in [-0.05, 0) is 30.9 Å². The molecular formula is C14H19N3. The Hall–Kier alpha value is -1.35. The zero-order valence-electron chi connectivity index (χ0n) is 10.3. The van der Waals surface area contributed by atoms with Gasteiger partial charge >= 0.3 is 0 Å². The first kappa shape index (κ1) is 10.8. The molecule has 1 aliphatic rings. The fourth-order valence-electron chi connectivity index (χ4n) is 2.80. The van der Waals surface area contributed by atoms with Gasteiger partial charge in [-0.2, -0.15) is 0 Å². The number of pyridine rings is 1. The van der Waals surface area contributed by atoms with E-state index in [1.54, 1.807) is 0 Å². The highest BCUT2D eigenvalue weighted by molar-refractivity contribution is 5.39. The zero-order chi connectivity index (χ0) is 11.7. The molecule has 3 rings (SSSR count). The molecule has 0 radical (unpaired) electrons. The van der Waals surface area contributed by atoms with E-state index >= 15 is 0 Å². The van der Waals surface area contributed by atoms with Crippen molar-refractivity contribution in [3.05, 3.63) is 36.3 Å². The van der Waals surface area contributed by atoms with Crippen molar-refractivity contribution in [1.82, 2.24) is 14.7 Å². The van der Waals surface area contributed by atoms with E-state index < -0.39 is 0 Å². The molecule has 2 aromatic rings. The molecule has 0 amide bonds. The molecule has 0 aromatic carbocycles. The Kier molecular flexibility index (Phi) is 2.85. The number of fused-ring (bicyclic) bond motifs is 1. The highest BCUT2D eigenvalue weighted by Gasteiger charge is 2.22.